The second kappa shape index (κ2) is 5.78. The van der Waals surface area contributed by atoms with Crippen molar-refractivity contribution in [3.63, 3.8) is 0 Å². The molecular formula is C13H18BrN5O. The Morgan fingerprint density at radius 1 is 1.50 bits per heavy atom. The maximum absolute atomic E-state index is 12.4. The molecule has 0 aliphatic rings. The first-order valence-corrected chi connectivity index (χ1v) is 7.24. The highest BCUT2D eigenvalue weighted by Gasteiger charge is 2.22. The fourth-order valence-corrected chi connectivity index (χ4v) is 2.44. The Kier molecular flexibility index (Phi) is 4.27. The van der Waals surface area contributed by atoms with Crippen molar-refractivity contribution in [3.8, 4) is 0 Å². The number of carbonyl (C=O) groups is 1. The van der Waals surface area contributed by atoms with E-state index in [0.717, 1.165) is 21.5 Å². The van der Waals surface area contributed by atoms with Crippen LogP contribution in [0.5, 0.6) is 0 Å². The minimum absolute atomic E-state index is 0.0812. The first kappa shape index (κ1) is 14.8. The molecule has 20 heavy (non-hydrogen) atoms. The van der Waals surface area contributed by atoms with Crippen LogP contribution in [0, 0.1) is 13.8 Å². The number of halogens is 1. The molecule has 7 heteroatoms. The summed E-state index contributed by atoms with van der Waals surface area (Å²) in [5.41, 5.74) is 2.53. The van der Waals surface area contributed by atoms with Crippen LogP contribution in [0.25, 0.3) is 0 Å². The van der Waals surface area contributed by atoms with Crippen LogP contribution in [0.2, 0.25) is 0 Å². The minimum atomic E-state index is -0.333. The molecule has 2 aromatic heterocycles. The smallest absolute Gasteiger partial charge is 0.249 e. The summed E-state index contributed by atoms with van der Waals surface area (Å²) < 4.78 is 4.29. The summed E-state index contributed by atoms with van der Waals surface area (Å²) in [7, 11) is 1.86. The molecule has 0 saturated heterocycles. The lowest BCUT2D eigenvalue weighted by atomic mass is 10.2. The molecule has 0 spiro atoms. The monoisotopic (exact) mass is 339 g/mol. The molecular weight excluding hydrogens is 322 g/mol. The molecule has 2 heterocycles. The van der Waals surface area contributed by atoms with Gasteiger partial charge in [0.25, 0.3) is 0 Å². The van der Waals surface area contributed by atoms with Gasteiger partial charge in [-0.1, -0.05) is 6.92 Å². The highest BCUT2D eigenvalue weighted by atomic mass is 79.9. The second-order valence-electron chi connectivity index (χ2n) is 4.72. The summed E-state index contributed by atoms with van der Waals surface area (Å²) in [6, 6.07) is -0.333. The Bertz CT molecular complexity index is 631. The van der Waals surface area contributed by atoms with Crippen LogP contribution in [-0.4, -0.2) is 25.5 Å². The van der Waals surface area contributed by atoms with Crippen molar-refractivity contribution in [3.05, 3.63) is 28.3 Å². The summed E-state index contributed by atoms with van der Waals surface area (Å²) in [4.78, 5) is 12.4. The van der Waals surface area contributed by atoms with E-state index in [0.29, 0.717) is 6.42 Å². The van der Waals surface area contributed by atoms with E-state index in [1.54, 1.807) is 21.8 Å². The Hall–Kier alpha value is -1.63. The summed E-state index contributed by atoms with van der Waals surface area (Å²) in [6.45, 7) is 5.78. The van der Waals surface area contributed by atoms with E-state index in [4.69, 9.17) is 0 Å². The van der Waals surface area contributed by atoms with Crippen LogP contribution in [0.4, 0.5) is 5.69 Å². The van der Waals surface area contributed by atoms with Gasteiger partial charge in [0, 0.05) is 13.2 Å². The highest BCUT2D eigenvalue weighted by Crippen LogP contribution is 2.22. The van der Waals surface area contributed by atoms with Gasteiger partial charge in [0.1, 0.15) is 6.04 Å². The molecule has 0 aromatic carbocycles. The number of hydrogen-bond donors (Lipinski definition) is 1. The molecule has 0 fully saturated rings. The van der Waals surface area contributed by atoms with Crippen LogP contribution in [0.1, 0.15) is 30.8 Å². The number of rotatable bonds is 4. The molecule has 1 atom stereocenters. The number of hydrogen-bond acceptors (Lipinski definition) is 3. The topological polar surface area (TPSA) is 64.7 Å². The van der Waals surface area contributed by atoms with Crippen LogP contribution in [-0.2, 0) is 11.8 Å². The molecule has 2 aromatic rings. The van der Waals surface area contributed by atoms with E-state index in [1.165, 1.54) is 0 Å². The Morgan fingerprint density at radius 3 is 2.65 bits per heavy atom. The van der Waals surface area contributed by atoms with Gasteiger partial charge in [-0.2, -0.15) is 10.2 Å². The van der Waals surface area contributed by atoms with Gasteiger partial charge in [0.2, 0.25) is 5.91 Å². The third kappa shape index (κ3) is 2.77. The fourth-order valence-electron chi connectivity index (χ4n) is 2.14. The lowest BCUT2D eigenvalue weighted by Crippen LogP contribution is -2.26. The lowest BCUT2D eigenvalue weighted by Gasteiger charge is -2.15. The quantitative estimate of drug-likeness (QED) is 0.930. The number of nitrogens with one attached hydrogen (secondary N) is 1. The molecule has 0 aliphatic carbocycles. The van der Waals surface area contributed by atoms with E-state index in [-0.39, 0.29) is 11.9 Å². The second-order valence-corrected chi connectivity index (χ2v) is 5.64. The highest BCUT2D eigenvalue weighted by molar-refractivity contribution is 9.10. The van der Waals surface area contributed by atoms with E-state index < -0.39 is 0 Å². The number of carbonyl (C=O) groups excluding carboxylic acids is 1. The zero-order valence-corrected chi connectivity index (χ0v) is 13.6. The van der Waals surface area contributed by atoms with Crippen molar-refractivity contribution < 1.29 is 4.79 Å². The maximum atomic E-state index is 12.4. The van der Waals surface area contributed by atoms with Gasteiger partial charge in [-0.15, -0.1) is 0 Å². The van der Waals surface area contributed by atoms with E-state index in [1.807, 2.05) is 27.8 Å². The number of anilines is 1. The molecule has 6 nitrogen and oxygen atoms in total. The van der Waals surface area contributed by atoms with Gasteiger partial charge in [-0.3, -0.25) is 14.2 Å². The summed E-state index contributed by atoms with van der Waals surface area (Å²) >= 11 is 3.34. The first-order valence-electron chi connectivity index (χ1n) is 6.44. The number of amides is 1. The maximum Gasteiger partial charge on any atom is 0.249 e. The van der Waals surface area contributed by atoms with Crippen molar-refractivity contribution in [2.24, 2.45) is 7.05 Å². The van der Waals surface area contributed by atoms with Crippen molar-refractivity contribution in [1.82, 2.24) is 19.6 Å². The third-order valence-electron chi connectivity index (χ3n) is 3.34. The summed E-state index contributed by atoms with van der Waals surface area (Å²) in [5, 5.41) is 11.4. The number of nitrogens with zero attached hydrogens (tertiary/aromatic N) is 4. The largest absolute Gasteiger partial charge is 0.321 e. The van der Waals surface area contributed by atoms with Gasteiger partial charge in [-0.25, -0.2) is 0 Å². The SMILES string of the molecule is CCC(C(=O)Nc1c(C)nn(C)c1C)n1cc(Br)cn1. The Morgan fingerprint density at radius 2 is 2.20 bits per heavy atom. The van der Waals surface area contributed by atoms with Gasteiger partial charge >= 0.3 is 0 Å². The summed E-state index contributed by atoms with van der Waals surface area (Å²) in [6.07, 6.45) is 4.14. The van der Waals surface area contributed by atoms with Crippen molar-refractivity contribution in [2.45, 2.75) is 33.2 Å². The fraction of sp³-hybridized carbons (Fsp3) is 0.462. The van der Waals surface area contributed by atoms with Crippen LogP contribution in [0.15, 0.2) is 16.9 Å². The van der Waals surface area contributed by atoms with E-state index in [9.17, 15) is 4.79 Å². The van der Waals surface area contributed by atoms with Crippen LogP contribution < -0.4 is 5.32 Å². The Labute approximate surface area is 126 Å². The molecule has 0 aliphatic heterocycles. The average Bonchev–Trinajstić information content (AvgIpc) is 2.90. The summed E-state index contributed by atoms with van der Waals surface area (Å²) in [5.74, 6) is -0.0812. The van der Waals surface area contributed by atoms with Gasteiger partial charge in [0.05, 0.1) is 27.7 Å². The van der Waals surface area contributed by atoms with Crippen LogP contribution in [0.3, 0.4) is 0 Å². The molecule has 2 rings (SSSR count). The molecule has 108 valence electrons. The van der Waals surface area contributed by atoms with E-state index >= 15 is 0 Å². The molecule has 1 amide bonds. The predicted octanol–water partition coefficient (Wildman–Crippen LogP) is 2.59. The average molecular weight is 340 g/mol. The van der Waals surface area contributed by atoms with E-state index in [2.05, 4.69) is 31.4 Å². The van der Waals surface area contributed by atoms with Crippen LogP contribution >= 0.6 is 15.9 Å². The molecule has 0 bridgehead atoms. The van der Waals surface area contributed by atoms with Gasteiger partial charge in [0.15, 0.2) is 0 Å². The van der Waals surface area contributed by atoms with Crippen molar-refractivity contribution in [1.29, 1.82) is 0 Å². The van der Waals surface area contributed by atoms with Gasteiger partial charge in [-0.05, 0) is 36.2 Å². The molecule has 1 N–H and O–H groups in total. The van der Waals surface area contributed by atoms with Crippen molar-refractivity contribution in [2.75, 3.05) is 5.32 Å². The zero-order chi connectivity index (χ0) is 14.9. The Balaban J connectivity index is 2.22. The predicted molar refractivity (Wildman–Crippen MR) is 80.6 cm³/mol. The molecule has 1 unspecified atom stereocenters. The minimum Gasteiger partial charge on any atom is -0.321 e. The standard InChI is InChI=1S/C13H18BrN5O/c1-5-11(19-7-10(14)6-15-19)13(20)16-12-8(2)17-18(4)9(12)3/h6-7,11H,5H2,1-4H3,(H,16,20). The number of aryl methyl sites for hydroxylation is 2. The van der Waals surface area contributed by atoms with Crippen molar-refractivity contribution >= 4 is 27.5 Å². The zero-order valence-electron chi connectivity index (χ0n) is 12.0. The molecule has 0 radical (unpaired) electrons. The lowest BCUT2D eigenvalue weighted by molar-refractivity contribution is -0.119. The van der Waals surface area contributed by atoms with Gasteiger partial charge < -0.3 is 5.32 Å². The normalized spacial score (nSPS) is 12.4. The number of aromatic nitrogens is 4. The third-order valence-corrected chi connectivity index (χ3v) is 3.75. The molecule has 0 saturated carbocycles. The first-order chi connectivity index (χ1) is 9.43.